The van der Waals surface area contributed by atoms with Crippen molar-refractivity contribution in [3.63, 3.8) is 0 Å². The van der Waals surface area contributed by atoms with E-state index in [-0.39, 0.29) is 5.91 Å². The molecule has 0 unspecified atom stereocenters. The van der Waals surface area contributed by atoms with E-state index in [0.717, 1.165) is 24.4 Å². The minimum atomic E-state index is -0.101. The quantitative estimate of drug-likeness (QED) is 0.818. The van der Waals surface area contributed by atoms with Crippen LogP contribution >= 0.6 is 0 Å². The van der Waals surface area contributed by atoms with Crippen LogP contribution in [0.5, 0.6) is 0 Å². The largest absolute Gasteiger partial charge is 0.333 e. The van der Waals surface area contributed by atoms with E-state index in [9.17, 15) is 4.79 Å². The van der Waals surface area contributed by atoms with Gasteiger partial charge >= 0.3 is 0 Å². The Morgan fingerprint density at radius 1 is 1.36 bits per heavy atom. The Morgan fingerprint density at radius 3 is 2.59 bits per heavy atom. The van der Waals surface area contributed by atoms with Gasteiger partial charge in [-0.3, -0.25) is 9.48 Å². The first-order valence-electron chi connectivity index (χ1n) is 7.62. The molecule has 0 atom stereocenters. The minimum absolute atomic E-state index is 0.101. The fraction of sp³-hybridized carbons (Fsp3) is 0.600. The zero-order valence-electron chi connectivity index (χ0n) is 13.9. The lowest BCUT2D eigenvalue weighted by Crippen LogP contribution is -2.28. The summed E-state index contributed by atoms with van der Waals surface area (Å²) < 4.78 is 3.77. The topological polar surface area (TPSA) is 68.8 Å². The van der Waals surface area contributed by atoms with Crippen LogP contribution in [0.1, 0.15) is 54.7 Å². The van der Waals surface area contributed by atoms with Crippen molar-refractivity contribution in [3.05, 3.63) is 29.6 Å². The van der Waals surface area contributed by atoms with Crippen LogP contribution in [0.15, 0.2) is 12.4 Å². The van der Waals surface area contributed by atoms with E-state index in [1.165, 1.54) is 0 Å². The summed E-state index contributed by atoms with van der Waals surface area (Å²) in [6.07, 6.45) is 3.63. The second kappa shape index (κ2) is 6.72. The van der Waals surface area contributed by atoms with E-state index in [4.69, 9.17) is 0 Å². The highest BCUT2D eigenvalue weighted by Crippen LogP contribution is 2.18. The molecule has 2 rings (SSSR count). The van der Waals surface area contributed by atoms with Gasteiger partial charge < -0.3 is 9.47 Å². The van der Waals surface area contributed by atoms with E-state index < -0.39 is 0 Å². The molecule has 0 saturated carbocycles. The van der Waals surface area contributed by atoms with Crippen LogP contribution in [0.2, 0.25) is 0 Å². The molecule has 2 heterocycles. The second-order valence-corrected chi connectivity index (χ2v) is 5.61. The van der Waals surface area contributed by atoms with Crippen molar-refractivity contribution in [1.29, 1.82) is 0 Å². The molecule has 0 spiro atoms. The van der Waals surface area contributed by atoms with Gasteiger partial charge in [-0.15, -0.1) is 10.2 Å². The summed E-state index contributed by atoms with van der Waals surface area (Å²) in [4.78, 5) is 14.2. The molecular formula is C15H24N6O. The van der Waals surface area contributed by atoms with Gasteiger partial charge in [-0.1, -0.05) is 13.8 Å². The molecule has 0 aliphatic rings. The number of aryl methyl sites for hydroxylation is 2. The zero-order valence-corrected chi connectivity index (χ0v) is 13.9. The van der Waals surface area contributed by atoms with Gasteiger partial charge in [0, 0.05) is 19.8 Å². The average Bonchev–Trinajstić information content (AvgIpc) is 3.07. The van der Waals surface area contributed by atoms with Crippen LogP contribution < -0.4 is 0 Å². The highest BCUT2D eigenvalue weighted by atomic mass is 16.2. The van der Waals surface area contributed by atoms with Crippen molar-refractivity contribution in [3.8, 4) is 0 Å². The Hall–Kier alpha value is -2.18. The number of carbonyl (C=O) groups excluding carboxylic acids is 1. The Balaban J connectivity index is 2.15. The van der Waals surface area contributed by atoms with Crippen molar-refractivity contribution < 1.29 is 4.79 Å². The third kappa shape index (κ3) is 3.18. The molecule has 0 aliphatic heterocycles. The van der Waals surface area contributed by atoms with Crippen molar-refractivity contribution in [2.75, 3.05) is 7.05 Å². The summed E-state index contributed by atoms with van der Waals surface area (Å²) >= 11 is 0. The van der Waals surface area contributed by atoms with Gasteiger partial charge in [0.2, 0.25) is 0 Å². The van der Waals surface area contributed by atoms with Gasteiger partial charge in [-0.2, -0.15) is 5.10 Å². The smallest absolute Gasteiger partial charge is 0.274 e. The first-order chi connectivity index (χ1) is 10.5. The first kappa shape index (κ1) is 16.2. The van der Waals surface area contributed by atoms with Gasteiger partial charge in [0.05, 0.1) is 12.6 Å². The molecule has 0 saturated heterocycles. The third-order valence-electron chi connectivity index (χ3n) is 3.96. The van der Waals surface area contributed by atoms with Gasteiger partial charge in [0.1, 0.15) is 6.33 Å². The second-order valence-electron chi connectivity index (χ2n) is 5.61. The van der Waals surface area contributed by atoms with Crippen molar-refractivity contribution >= 4 is 5.91 Å². The fourth-order valence-corrected chi connectivity index (χ4v) is 2.53. The Morgan fingerprint density at radius 2 is 2.05 bits per heavy atom. The van der Waals surface area contributed by atoms with Crippen molar-refractivity contribution in [2.45, 2.75) is 46.2 Å². The number of hydrogen-bond acceptors (Lipinski definition) is 4. The standard InChI is InChI=1S/C15H24N6O/c1-6-12(7-2)21-11(3)8-13(18-21)15(22)19(4)9-14-17-16-10-20(14)5/h8,10,12H,6-7,9H2,1-5H3. The molecule has 0 fully saturated rings. The van der Waals surface area contributed by atoms with Crippen LogP contribution in [-0.4, -0.2) is 42.4 Å². The Bertz CT molecular complexity index is 640. The van der Waals surface area contributed by atoms with Crippen molar-refractivity contribution in [1.82, 2.24) is 29.4 Å². The number of carbonyl (C=O) groups is 1. The van der Waals surface area contributed by atoms with Crippen LogP contribution in [-0.2, 0) is 13.6 Å². The number of rotatable bonds is 6. The summed E-state index contributed by atoms with van der Waals surface area (Å²) in [6, 6.07) is 2.19. The highest BCUT2D eigenvalue weighted by molar-refractivity contribution is 5.92. The Kier molecular flexibility index (Phi) is 4.95. The van der Waals surface area contributed by atoms with E-state index in [2.05, 4.69) is 29.1 Å². The highest BCUT2D eigenvalue weighted by Gasteiger charge is 2.20. The number of aromatic nitrogens is 5. The maximum Gasteiger partial charge on any atom is 0.274 e. The predicted octanol–water partition coefficient (Wildman–Crippen LogP) is 1.95. The zero-order chi connectivity index (χ0) is 16.3. The van der Waals surface area contributed by atoms with E-state index in [1.54, 1.807) is 22.8 Å². The lowest BCUT2D eigenvalue weighted by molar-refractivity contribution is 0.0773. The molecule has 2 aromatic heterocycles. The Labute approximate surface area is 130 Å². The molecule has 7 heteroatoms. The van der Waals surface area contributed by atoms with Crippen LogP contribution in [0.4, 0.5) is 0 Å². The average molecular weight is 304 g/mol. The van der Waals surface area contributed by atoms with Gasteiger partial charge in [-0.05, 0) is 25.8 Å². The molecule has 0 N–H and O–H groups in total. The molecule has 22 heavy (non-hydrogen) atoms. The SMILES string of the molecule is CCC(CC)n1nc(C(=O)N(C)Cc2nncn2C)cc1C. The summed E-state index contributed by atoms with van der Waals surface area (Å²) in [6.45, 7) is 6.67. The molecule has 1 amide bonds. The minimum Gasteiger partial charge on any atom is -0.333 e. The molecule has 120 valence electrons. The maximum absolute atomic E-state index is 12.5. The maximum atomic E-state index is 12.5. The summed E-state index contributed by atoms with van der Waals surface area (Å²) in [5.41, 5.74) is 1.50. The molecular weight excluding hydrogens is 280 g/mol. The fourth-order valence-electron chi connectivity index (χ4n) is 2.53. The van der Waals surface area contributed by atoms with Crippen LogP contribution in [0.3, 0.4) is 0 Å². The van der Waals surface area contributed by atoms with Gasteiger partial charge in [0.25, 0.3) is 5.91 Å². The van der Waals surface area contributed by atoms with Gasteiger partial charge in [0.15, 0.2) is 11.5 Å². The van der Waals surface area contributed by atoms with E-state index >= 15 is 0 Å². The molecule has 7 nitrogen and oxygen atoms in total. The molecule has 0 aliphatic carbocycles. The molecule has 0 bridgehead atoms. The monoisotopic (exact) mass is 304 g/mol. The first-order valence-corrected chi connectivity index (χ1v) is 7.62. The summed E-state index contributed by atoms with van der Waals surface area (Å²) in [5, 5.41) is 12.3. The van der Waals surface area contributed by atoms with Crippen LogP contribution in [0.25, 0.3) is 0 Å². The van der Waals surface area contributed by atoms with Crippen LogP contribution in [0, 0.1) is 6.92 Å². The van der Waals surface area contributed by atoms with E-state index in [1.807, 2.05) is 24.7 Å². The summed E-state index contributed by atoms with van der Waals surface area (Å²) in [7, 11) is 3.61. The van der Waals surface area contributed by atoms with Gasteiger partial charge in [-0.25, -0.2) is 0 Å². The molecule has 0 aromatic carbocycles. The summed E-state index contributed by atoms with van der Waals surface area (Å²) in [5.74, 6) is 0.641. The van der Waals surface area contributed by atoms with Crippen molar-refractivity contribution in [2.24, 2.45) is 7.05 Å². The number of hydrogen-bond donors (Lipinski definition) is 0. The third-order valence-corrected chi connectivity index (χ3v) is 3.96. The normalized spacial score (nSPS) is 11.2. The predicted molar refractivity (Wildman–Crippen MR) is 83.4 cm³/mol. The lowest BCUT2D eigenvalue weighted by Gasteiger charge is -2.16. The number of amides is 1. The molecule has 2 aromatic rings. The lowest BCUT2D eigenvalue weighted by atomic mass is 10.2. The number of nitrogens with zero attached hydrogens (tertiary/aromatic N) is 6. The molecule has 0 radical (unpaired) electrons. The van der Waals surface area contributed by atoms with E-state index in [0.29, 0.717) is 18.3 Å².